The smallest absolute Gasteiger partial charge is 0.241 e. The second-order valence-corrected chi connectivity index (χ2v) is 3.09. The van der Waals surface area contributed by atoms with Crippen molar-refractivity contribution >= 4 is 11.9 Å². The zero-order valence-electron chi connectivity index (χ0n) is 9.02. The molecule has 0 saturated carbocycles. The lowest BCUT2D eigenvalue weighted by molar-refractivity contribution is -0.126. The molecule has 0 radical (unpaired) electrons. The number of hydrogen-bond donors (Lipinski definition) is 1. The summed E-state index contributed by atoms with van der Waals surface area (Å²) in [5.74, 6) is 0.958. The number of carbonyl (C=O) groups excluding carboxylic acids is 1. The average molecular weight is 210 g/mol. The number of methoxy groups -OCH3 is 1. The van der Waals surface area contributed by atoms with Crippen molar-refractivity contribution < 1.29 is 9.53 Å². The van der Waals surface area contributed by atoms with Crippen LogP contribution in [0.4, 0.5) is 5.95 Å². The van der Waals surface area contributed by atoms with Crippen LogP contribution in [0.1, 0.15) is 0 Å². The molecule has 15 heavy (non-hydrogen) atoms. The number of ether oxygens (including phenoxy) is 1. The Morgan fingerprint density at radius 3 is 2.53 bits per heavy atom. The van der Waals surface area contributed by atoms with Crippen LogP contribution in [-0.4, -0.2) is 48.5 Å². The van der Waals surface area contributed by atoms with E-state index < -0.39 is 0 Å². The van der Waals surface area contributed by atoms with Gasteiger partial charge in [-0.2, -0.15) is 0 Å². The van der Waals surface area contributed by atoms with Crippen molar-refractivity contribution in [3.8, 4) is 5.75 Å². The number of likely N-dealkylation sites (N-methyl/N-ethyl adjacent to an activating group) is 1. The number of hydrogen-bond acceptors (Lipinski definition) is 5. The first-order chi connectivity index (χ1) is 7.13. The third kappa shape index (κ3) is 3.41. The van der Waals surface area contributed by atoms with Gasteiger partial charge in [-0.25, -0.2) is 9.97 Å². The maximum Gasteiger partial charge on any atom is 0.241 e. The summed E-state index contributed by atoms with van der Waals surface area (Å²) < 4.78 is 4.91. The van der Waals surface area contributed by atoms with Crippen molar-refractivity contribution in [2.45, 2.75) is 0 Å². The van der Waals surface area contributed by atoms with Crippen LogP contribution in [0.25, 0.3) is 0 Å². The molecule has 1 rings (SSSR count). The highest BCUT2D eigenvalue weighted by atomic mass is 16.5. The van der Waals surface area contributed by atoms with Gasteiger partial charge in [0.05, 0.1) is 26.0 Å². The van der Waals surface area contributed by atoms with Crippen molar-refractivity contribution in [2.24, 2.45) is 0 Å². The SMILES string of the molecule is COc1cnc(NCC(=O)N(C)C)nc1. The number of rotatable bonds is 4. The van der Waals surface area contributed by atoms with Gasteiger partial charge in [-0.1, -0.05) is 0 Å². The van der Waals surface area contributed by atoms with Crippen molar-refractivity contribution in [1.29, 1.82) is 0 Å². The fourth-order valence-electron chi connectivity index (χ4n) is 0.826. The number of aromatic nitrogens is 2. The van der Waals surface area contributed by atoms with Crippen LogP contribution in [0.3, 0.4) is 0 Å². The monoisotopic (exact) mass is 210 g/mol. The predicted molar refractivity (Wildman–Crippen MR) is 55.8 cm³/mol. The lowest BCUT2D eigenvalue weighted by Gasteiger charge is -2.10. The van der Waals surface area contributed by atoms with Gasteiger partial charge in [0.1, 0.15) is 0 Å². The van der Waals surface area contributed by atoms with Crippen molar-refractivity contribution in [3.05, 3.63) is 12.4 Å². The summed E-state index contributed by atoms with van der Waals surface area (Å²) in [6.45, 7) is 0.180. The van der Waals surface area contributed by atoms with E-state index in [4.69, 9.17) is 4.74 Å². The minimum atomic E-state index is -0.0329. The predicted octanol–water partition coefficient (Wildman–Crippen LogP) is -0.0147. The molecule has 82 valence electrons. The van der Waals surface area contributed by atoms with Gasteiger partial charge in [0.25, 0.3) is 0 Å². The van der Waals surface area contributed by atoms with E-state index in [9.17, 15) is 4.79 Å². The van der Waals surface area contributed by atoms with Gasteiger partial charge >= 0.3 is 0 Å². The molecule has 6 heteroatoms. The first-order valence-electron chi connectivity index (χ1n) is 4.43. The Kier molecular flexibility index (Phi) is 3.84. The second-order valence-electron chi connectivity index (χ2n) is 3.09. The van der Waals surface area contributed by atoms with Crippen LogP contribution in [0, 0.1) is 0 Å². The molecule has 6 nitrogen and oxygen atoms in total. The molecule has 0 atom stereocenters. The third-order valence-corrected chi connectivity index (χ3v) is 1.76. The van der Waals surface area contributed by atoms with Gasteiger partial charge < -0.3 is 15.0 Å². The number of nitrogens with one attached hydrogen (secondary N) is 1. The second kappa shape index (κ2) is 5.14. The Balaban J connectivity index is 2.47. The van der Waals surface area contributed by atoms with Crippen LogP contribution in [0.15, 0.2) is 12.4 Å². The molecule has 0 aliphatic heterocycles. The topological polar surface area (TPSA) is 67.3 Å². The molecular formula is C9H14N4O2. The molecule has 1 aromatic heterocycles. The minimum Gasteiger partial charge on any atom is -0.494 e. The van der Waals surface area contributed by atoms with Crippen LogP contribution >= 0.6 is 0 Å². The highest BCUT2D eigenvalue weighted by molar-refractivity contribution is 5.79. The van der Waals surface area contributed by atoms with Gasteiger partial charge in [-0.15, -0.1) is 0 Å². The summed E-state index contributed by atoms with van der Waals surface area (Å²) in [7, 11) is 4.93. The molecule has 0 saturated heterocycles. The summed E-state index contributed by atoms with van der Waals surface area (Å²) in [6, 6.07) is 0. The molecule has 0 aromatic carbocycles. The lowest BCUT2D eigenvalue weighted by atomic mass is 10.5. The van der Waals surface area contributed by atoms with Crippen LogP contribution in [0.2, 0.25) is 0 Å². The molecule has 0 aliphatic rings. The summed E-state index contributed by atoms with van der Waals surface area (Å²) in [6.07, 6.45) is 3.07. The molecule has 1 aromatic rings. The van der Waals surface area contributed by atoms with E-state index in [0.717, 1.165) is 0 Å². The van der Waals surface area contributed by atoms with Gasteiger partial charge in [0.15, 0.2) is 5.75 Å². The number of amides is 1. The quantitative estimate of drug-likeness (QED) is 0.756. The molecule has 0 unspecified atom stereocenters. The zero-order valence-corrected chi connectivity index (χ0v) is 9.02. The maximum absolute atomic E-state index is 11.2. The highest BCUT2D eigenvalue weighted by Crippen LogP contribution is 2.06. The van der Waals surface area contributed by atoms with E-state index in [0.29, 0.717) is 11.7 Å². The number of carbonyl (C=O) groups is 1. The van der Waals surface area contributed by atoms with E-state index in [2.05, 4.69) is 15.3 Å². The minimum absolute atomic E-state index is 0.0329. The number of anilines is 1. The highest BCUT2D eigenvalue weighted by Gasteiger charge is 2.04. The van der Waals surface area contributed by atoms with E-state index >= 15 is 0 Å². The van der Waals surface area contributed by atoms with E-state index in [1.54, 1.807) is 21.2 Å². The molecule has 0 spiro atoms. The zero-order chi connectivity index (χ0) is 11.3. The lowest BCUT2D eigenvalue weighted by Crippen LogP contribution is -2.29. The molecule has 1 heterocycles. The van der Waals surface area contributed by atoms with Crippen LogP contribution in [0.5, 0.6) is 5.75 Å². The molecule has 0 aliphatic carbocycles. The summed E-state index contributed by atoms with van der Waals surface area (Å²) in [4.78, 5) is 20.6. The van der Waals surface area contributed by atoms with Crippen LogP contribution < -0.4 is 10.1 Å². The standard InChI is InChI=1S/C9H14N4O2/c1-13(2)8(14)6-12-9-10-4-7(15-3)5-11-9/h4-5H,6H2,1-3H3,(H,10,11,12). The molecule has 1 amide bonds. The van der Waals surface area contributed by atoms with E-state index in [-0.39, 0.29) is 12.5 Å². The third-order valence-electron chi connectivity index (χ3n) is 1.76. The van der Waals surface area contributed by atoms with Gasteiger partial charge in [0, 0.05) is 14.1 Å². The fourth-order valence-corrected chi connectivity index (χ4v) is 0.826. The molecular weight excluding hydrogens is 196 g/mol. The fraction of sp³-hybridized carbons (Fsp3) is 0.444. The van der Waals surface area contributed by atoms with E-state index in [1.165, 1.54) is 17.3 Å². The van der Waals surface area contributed by atoms with Crippen LogP contribution in [-0.2, 0) is 4.79 Å². The Labute approximate surface area is 88.3 Å². The maximum atomic E-state index is 11.2. The average Bonchev–Trinajstić information content (AvgIpc) is 2.26. The summed E-state index contributed by atoms with van der Waals surface area (Å²) >= 11 is 0. The van der Waals surface area contributed by atoms with Crippen molar-refractivity contribution in [1.82, 2.24) is 14.9 Å². The Morgan fingerprint density at radius 1 is 1.47 bits per heavy atom. The number of nitrogens with zero attached hydrogens (tertiary/aromatic N) is 3. The molecule has 0 fully saturated rings. The summed E-state index contributed by atoms with van der Waals surface area (Å²) in [5, 5.41) is 2.81. The van der Waals surface area contributed by atoms with Crippen molar-refractivity contribution in [2.75, 3.05) is 33.1 Å². The first-order valence-corrected chi connectivity index (χ1v) is 4.43. The van der Waals surface area contributed by atoms with Crippen molar-refractivity contribution in [3.63, 3.8) is 0 Å². The van der Waals surface area contributed by atoms with Gasteiger partial charge in [0.2, 0.25) is 11.9 Å². The van der Waals surface area contributed by atoms with Gasteiger partial charge in [-0.3, -0.25) is 4.79 Å². The van der Waals surface area contributed by atoms with Gasteiger partial charge in [-0.05, 0) is 0 Å². The Morgan fingerprint density at radius 2 is 2.07 bits per heavy atom. The molecule has 1 N–H and O–H groups in total. The largest absolute Gasteiger partial charge is 0.494 e. The summed E-state index contributed by atoms with van der Waals surface area (Å²) in [5.41, 5.74) is 0. The van der Waals surface area contributed by atoms with E-state index in [1.807, 2.05) is 0 Å². The Hall–Kier alpha value is -1.85. The molecule has 0 bridgehead atoms. The normalized spacial score (nSPS) is 9.53. The first kappa shape index (κ1) is 11.2. The Bertz CT molecular complexity index is 323.